The van der Waals surface area contributed by atoms with Crippen LogP contribution in [0.5, 0.6) is 0 Å². The summed E-state index contributed by atoms with van der Waals surface area (Å²) in [5.74, 6) is -0.879. The lowest BCUT2D eigenvalue weighted by Gasteiger charge is -2.11. The molecule has 3 aromatic rings. The molecule has 0 unspecified atom stereocenters. The Hall–Kier alpha value is -2.39. The van der Waals surface area contributed by atoms with E-state index in [0.29, 0.717) is 0 Å². The minimum absolute atomic E-state index is 0.0565. The van der Waals surface area contributed by atoms with E-state index in [1.54, 1.807) is 0 Å². The van der Waals surface area contributed by atoms with Gasteiger partial charge in [-0.25, -0.2) is 0 Å². The van der Waals surface area contributed by atoms with Gasteiger partial charge in [-0.1, -0.05) is 36.4 Å². The van der Waals surface area contributed by atoms with Crippen molar-refractivity contribution in [3.05, 3.63) is 60.2 Å². The van der Waals surface area contributed by atoms with E-state index in [1.807, 2.05) is 30.3 Å². The number of benzene rings is 3. The molecule has 3 heteroatoms. The lowest BCUT2D eigenvalue weighted by atomic mass is 9.98. The average Bonchev–Trinajstić information content (AvgIpc) is 2.43. The predicted molar refractivity (Wildman–Crippen MR) is 80.6 cm³/mol. The summed E-state index contributed by atoms with van der Waals surface area (Å²) in [5.41, 5.74) is 6.78. The lowest BCUT2D eigenvalue weighted by molar-refractivity contribution is -0.137. The summed E-state index contributed by atoms with van der Waals surface area (Å²) in [6.45, 7) is 0. The fraction of sp³-hybridized carbons (Fsp3) is 0.118. The fourth-order valence-corrected chi connectivity index (χ4v) is 2.50. The lowest BCUT2D eigenvalue weighted by Crippen LogP contribution is -2.14. The van der Waals surface area contributed by atoms with E-state index in [-0.39, 0.29) is 6.42 Å². The van der Waals surface area contributed by atoms with Crippen LogP contribution in [0.4, 0.5) is 0 Å². The van der Waals surface area contributed by atoms with Gasteiger partial charge in [-0.3, -0.25) is 4.79 Å². The molecular formula is C17H15NO2. The van der Waals surface area contributed by atoms with Crippen molar-refractivity contribution in [3.8, 4) is 0 Å². The molecule has 0 saturated heterocycles. The van der Waals surface area contributed by atoms with E-state index in [2.05, 4.69) is 24.3 Å². The first-order valence-corrected chi connectivity index (χ1v) is 6.53. The number of rotatable bonds is 3. The van der Waals surface area contributed by atoms with E-state index in [0.717, 1.165) is 16.3 Å². The molecule has 3 nitrogen and oxygen atoms in total. The summed E-state index contributed by atoms with van der Waals surface area (Å²) in [6, 6.07) is 17.8. The largest absolute Gasteiger partial charge is 0.481 e. The van der Waals surface area contributed by atoms with Crippen LogP contribution >= 0.6 is 0 Å². The molecule has 3 N–H and O–H groups in total. The minimum Gasteiger partial charge on any atom is -0.481 e. The quantitative estimate of drug-likeness (QED) is 0.713. The summed E-state index contributed by atoms with van der Waals surface area (Å²) in [7, 11) is 0. The first kappa shape index (κ1) is 12.6. The van der Waals surface area contributed by atoms with E-state index in [1.165, 1.54) is 10.8 Å². The van der Waals surface area contributed by atoms with Crippen molar-refractivity contribution in [1.29, 1.82) is 0 Å². The van der Waals surface area contributed by atoms with Gasteiger partial charge in [-0.15, -0.1) is 0 Å². The molecule has 1 atom stereocenters. The van der Waals surface area contributed by atoms with E-state index in [9.17, 15) is 4.79 Å². The second kappa shape index (κ2) is 4.94. The Balaban J connectivity index is 2.10. The first-order chi connectivity index (χ1) is 9.63. The minimum atomic E-state index is -0.879. The molecule has 0 aliphatic heterocycles. The van der Waals surface area contributed by atoms with Crippen molar-refractivity contribution in [2.75, 3.05) is 0 Å². The number of aliphatic carboxylic acids is 1. The Morgan fingerprint density at radius 1 is 0.950 bits per heavy atom. The molecule has 3 aromatic carbocycles. The third kappa shape index (κ3) is 2.36. The third-order valence-corrected chi connectivity index (χ3v) is 3.55. The first-order valence-electron chi connectivity index (χ1n) is 6.53. The topological polar surface area (TPSA) is 63.3 Å². The van der Waals surface area contributed by atoms with Gasteiger partial charge in [0.25, 0.3) is 0 Å². The summed E-state index contributed by atoms with van der Waals surface area (Å²) < 4.78 is 0. The zero-order chi connectivity index (χ0) is 14.1. The van der Waals surface area contributed by atoms with E-state index >= 15 is 0 Å². The van der Waals surface area contributed by atoms with Crippen molar-refractivity contribution in [1.82, 2.24) is 0 Å². The number of carbonyl (C=O) groups is 1. The van der Waals surface area contributed by atoms with Crippen molar-refractivity contribution in [3.63, 3.8) is 0 Å². The highest BCUT2D eigenvalue weighted by Crippen LogP contribution is 2.26. The van der Waals surface area contributed by atoms with E-state index < -0.39 is 12.0 Å². The van der Waals surface area contributed by atoms with Gasteiger partial charge in [0.05, 0.1) is 6.42 Å². The summed E-state index contributed by atoms with van der Waals surface area (Å²) in [4.78, 5) is 10.7. The highest BCUT2D eigenvalue weighted by Gasteiger charge is 2.11. The van der Waals surface area contributed by atoms with Gasteiger partial charge in [-0.05, 0) is 45.3 Å². The van der Waals surface area contributed by atoms with E-state index in [4.69, 9.17) is 10.8 Å². The maximum absolute atomic E-state index is 10.7. The van der Waals surface area contributed by atoms with Gasteiger partial charge in [0.1, 0.15) is 0 Å². The van der Waals surface area contributed by atoms with Crippen LogP contribution in [-0.4, -0.2) is 11.1 Å². The van der Waals surface area contributed by atoms with Crippen molar-refractivity contribution >= 4 is 27.5 Å². The Morgan fingerprint density at radius 2 is 1.55 bits per heavy atom. The number of carboxylic acid groups (broad SMARTS) is 1. The fourth-order valence-electron chi connectivity index (χ4n) is 2.50. The van der Waals surface area contributed by atoms with Crippen molar-refractivity contribution in [2.45, 2.75) is 12.5 Å². The van der Waals surface area contributed by atoms with Crippen LogP contribution in [0.2, 0.25) is 0 Å². The smallest absolute Gasteiger partial charge is 0.305 e. The van der Waals surface area contributed by atoms with Crippen LogP contribution in [0.3, 0.4) is 0 Å². The number of nitrogens with two attached hydrogens (primary N) is 1. The van der Waals surface area contributed by atoms with Gasteiger partial charge >= 0.3 is 5.97 Å². The molecular weight excluding hydrogens is 250 g/mol. The Morgan fingerprint density at radius 3 is 2.20 bits per heavy atom. The highest BCUT2D eigenvalue weighted by atomic mass is 16.4. The maximum atomic E-state index is 10.7. The van der Waals surface area contributed by atoms with Gasteiger partial charge in [-0.2, -0.15) is 0 Å². The van der Waals surface area contributed by atoms with Crippen LogP contribution in [0, 0.1) is 0 Å². The third-order valence-electron chi connectivity index (χ3n) is 3.55. The number of carboxylic acids is 1. The van der Waals surface area contributed by atoms with Crippen LogP contribution in [0.25, 0.3) is 21.5 Å². The molecule has 3 rings (SSSR count). The highest BCUT2D eigenvalue weighted by molar-refractivity contribution is 5.98. The Labute approximate surface area is 116 Å². The second-order valence-electron chi connectivity index (χ2n) is 5.01. The average molecular weight is 265 g/mol. The molecule has 0 fully saturated rings. The van der Waals surface area contributed by atoms with Crippen molar-refractivity contribution in [2.24, 2.45) is 5.73 Å². The molecule has 0 spiro atoms. The molecule has 0 amide bonds. The molecule has 0 aliphatic carbocycles. The van der Waals surface area contributed by atoms with Crippen LogP contribution in [-0.2, 0) is 4.79 Å². The Bertz CT molecular complexity index is 795. The Kier molecular flexibility index (Phi) is 3.12. The molecule has 20 heavy (non-hydrogen) atoms. The summed E-state index contributed by atoms with van der Waals surface area (Å²) in [6.07, 6.45) is -0.0565. The number of hydrogen-bond donors (Lipinski definition) is 2. The molecule has 0 aromatic heterocycles. The predicted octanol–water partition coefficient (Wildman–Crippen LogP) is 3.47. The second-order valence-corrected chi connectivity index (χ2v) is 5.01. The monoisotopic (exact) mass is 265 g/mol. The van der Waals surface area contributed by atoms with Gasteiger partial charge in [0, 0.05) is 6.04 Å². The van der Waals surface area contributed by atoms with Crippen LogP contribution in [0.1, 0.15) is 18.0 Å². The number of fused-ring (bicyclic) bond motifs is 2. The SMILES string of the molecule is N[C@H](CC(=O)O)c1ccc2cc3ccccc3cc2c1. The molecule has 0 bridgehead atoms. The summed E-state index contributed by atoms with van der Waals surface area (Å²) in [5, 5.41) is 13.4. The van der Waals surface area contributed by atoms with Crippen LogP contribution in [0.15, 0.2) is 54.6 Å². The van der Waals surface area contributed by atoms with Crippen molar-refractivity contribution < 1.29 is 9.90 Å². The normalized spacial score (nSPS) is 12.7. The molecule has 0 radical (unpaired) electrons. The standard InChI is InChI=1S/C17H15NO2/c18-16(10-17(19)20)14-6-5-13-7-11-3-1-2-4-12(11)8-15(13)9-14/h1-9,16H,10,18H2,(H,19,20)/t16-/m1/s1. The number of hydrogen-bond acceptors (Lipinski definition) is 2. The van der Waals surface area contributed by atoms with Gasteiger partial charge < -0.3 is 10.8 Å². The van der Waals surface area contributed by atoms with Gasteiger partial charge in [0.2, 0.25) is 0 Å². The molecule has 0 aliphatic rings. The summed E-state index contributed by atoms with van der Waals surface area (Å²) >= 11 is 0. The molecule has 100 valence electrons. The van der Waals surface area contributed by atoms with Gasteiger partial charge in [0.15, 0.2) is 0 Å². The zero-order valence-electron chi connectivity index (χ0n) is 10.9. The van der Waals surface area contributed by atoms with Crippen LogP contribution < -0.4 is 5.73 Å². The molecule has 0 heterocycles. The zero-order valence-corrected chi connectivity index (χ0v) is 10.9. The maximum Gasteiger partial charge on any atom is 0.305 e. The molecule has 0 saturated carbocycles.